The van der Waals surface area contributed by atoms with Gasteiger partial charge in [-0.25, -0.2) is 0 Å². The molecule has 1 aliphatic carbocycles. The van der Waals surface area contributed by atoms with Crippen molar-refractivity contribution in [2.24, 2.45) is 5.41 Å². The number of Topliss-reactive ketones (excluding diaryl/α,β-unsaturated/α-hetero) is 1. The highest BCUT2D eigenvalue weighted by Crippen LogP contribution is 2.45. The van der Waals surface area contributed by atoms with Crippen LogP contribution in [0.15, 0.2) is 41.6 Å². The predicted octanol–water partition coefficient (Wildman–Crippen LogP) is 4.34. The highest BCUT2D eigenvalue weighted by molar-refractivity contribution is 14.1. The maximum atomic E-state index is 12.5. The normalized spacial score (nSPS) is 24.4. The molecule has 0 saturated heterocycles. The van der Waals surface area contributed by atoms with Gasteiger partial charge in [-0.15, -0.1) is 0 Å². The van der Waals surface area contributed by atoms with E-state index in [1.54, 1.807) is 0 Å². The van der Waals surface area contributed by atoms with Crippen LogP contribution in [-0.4, -0.2) is 21.2 Å². The van der Waals surface area contributed by atoms with Crippen molar-refractivity contribution in [3.8, 4) is 0 Å². The molecule has 1 aliphatic heterocycles. The van der Waals surface area contributed by atoms with Gasteiger partial charge < -0.3 is 4.90 Å². The molecule has 112 valence electrons. The zero-order chi connectivity index (χ0) is 15.0. The van der Waals surface area contributed by atoms with Crippen molar-refractivity contribution in [2.45, 2.75) is 45.7 Å². The smallest absolute Gasteiger partial charge is 0.161 e. The fourth-order valence-corrected chi connectivity index (χ4v) is 4.33. The fourth-order valence-electron chi connectivity index (χ4n) is 3.54. The van der Waals surface area contributed by atoms with Crippen LogP contribution < -0.4 is 0 Å². The van der Waals surface area contributed by atoms with Crippen molar-refractivity contribution in [1.29, 1.82) is 0 Å². The van der Waals surface area contributed by atoms with Crippen LogP contribution in [-0.2, 0) is 11.3 Å². The van der Waals surface area contributed by atoms with Gasteiger partial charge in [-0.05, 0) is 23.8 Å². The molecule has 1 aromatic carbocycles. The van der Waals surface area contributed by atoms with E-state index in [1.807, 2.05) is 0 Å². The topological polar surface area (TPSA) is 20.3 Å². The number of hydrogen-bond donors (Lipinski definition) is 0. The van der Waals surface area contributed by atoms with E-state index in [0.29, 0.717) is 18.2 Å². The molecule has 2 nitrogen and oxygen atoms in total. The third kappa shape index (κ3) is 3.03. The molecule has 1 aromatic rings. The Morgan fingerprint density at radius 1 is 1.24 bits per heavy atom. The Bertz CT molecular complexity index is 576. The lowest BCUT2D eigenvalue weighted by atomic mass is 9.76. The zero-order valence-electron chi connectivity index (χ0n) is 12.7. The quantitative estimate of drug-likeness (QED) is 0.561. The summed E-state index contributed by atoms with van der Waals surface area (Å²) in [5, 5.41) is 0. The molecular formula is C18H22INO. The molecule has 0 bridgehead atoms. The third-order valence-corrected chi connectivity index (χ3v) is 5.59. The predicted molar refractivity (Wildman–Crippen MR) is 94.3 cm³/mol. The molecule has 1 unspecified atom stereocenters. The molecule has 3 heteroatoms. The minimum absolute atomic E-state index is 0.102. The maximum Gasteiger partial charge on any atom is 0.161 e. The van der Waals surface area contributed by atoms with Crippen LogP contribution in [0.25, 0.3) is 0 Å². The van der Waals surface area contributed by atoms with Crippen LogP contribution in [0, 0.1) is 5.41 Å². The van der Waals surface area contributed by atoms with Crippen molar-refractivity contribution in [1.82, 2.24) is 4.90 Å². The second-order valence-corrected chi connectivity index (χ2v) is 7.87. The first kappa shape index (κ1) is 15.1. The van der Waals surface area contributed by atoms with Crippen molar-refractivity contribution in [3.05, 3.63) is 47.2 Å². The first-order chi connectivity index (χ1) is 10.00. The zero-order valence-corrected chi connectivity index (χ0v) is 14.9. The number of carbonyl (C=O) groups excluding carboxylic acids is 1. The highest BCUT2D eigenvalue weighted by atomic mass is 127. The lowest BCUT2D eigenvalue weighted by Gasteiger charge is -2.35. The summed E-state index contributed by atoms with van der Waals surface area (Å²) in [6.45, 7) is 5.36. The van der Waals surface area contributed by atoms with Gasteiger partial charge in [0.05, 0.1) is 0 Å². The number of allylic oxidation sites excluding steroid dienone is 1. The van der Waals surface area contributed by atoms with Gasteiger partial charge in [-0.2, -0.15) is 0 Å². The van der Waals surface area contributed by atoms with Gasteiger partial charge in [0.15, 0.2) is 5.78 Å². The fraction of sp³-hybridized carbons (Fsp3) is 0.500. The Morgan fingerprint density at radius 2 is 1.95 bits per heavy atom. The summed E-state index contributed by atoms with van der Waals surface area (Å²) in [6.07, 6.45) is 2.69. The number of ketones is 1. The minimum atomic E-state index is 0.102. The molecule has 0 spiro atoms. The van der Waals surface area contributed by atoms with E-state index in [1.165, 1.54) is 11.3 Å². The van der Waals surface area contributed by atoms with Crippen LogP contribution in [0.2, 0.25) is 0 Å². The number of halogens is 1. The summed E-state index contributed by atoms with van der Waals surface area (Å²) in [5.74, 6) is 0.381. The van der Waals surface area contributed by atoms with Gasteiger partial charge in [0.25, 0.3) is 0 Å². The Hall–Kier alpha value is -0.840. The average Bonchev–Trinajstić information content (AvgIpc) is 2.77. The van der Waals surface area contributed by atoms with E-state index in [-0.39, 0.29) is 5.41 Å². The summed E-state index contributed by atoms with van der Waals surface area (Å²) >= 11 is 2.46. The lowest BCUT2D eigenvalue weighted by molar-refractivity contribution is -0.118. The summed E-state index contributed by atoms with van der Waals surface area (Å²) in [6, 6.07) is 11.1. The van der Waals surface area contributed by atoms with E-state index in [0.717, 1.165) is 29.4 Å². The maximum absolute atomic E-state index is 12.5. The average molecular weight is 395 g/mol. The summed E-state index contributed by atoms with van der Waals surface area (Å²) < 4.78 is 1.07. The summed E-state index contributed by atoms with van der Waals surface area (Å²) in [7, 11) is 0. The number of alkyl halides is 1. The van der Waals surface area contributed by atoms with E-state index >= 15 is 0 Å². The van der Waals surface area contributed by atoms with E-state index < -0.39 is 0 Å². The number of nitrogens with zero attached hydrogens (tertiary/aromatic N) is 1. The van der Waals surface area contributed by atoms with Crippen LogP contribution in [0.5, 0.6) is 0 Å². The third-order valence-electron chi connectivity index (χ3n) is 4.57. The van der Waals surface area contributed by atoms with Crippen LogP contribution in [0.3, 0.4) is 0 Å². The molecule has 3 rings (SSSR count). The van der Waals surface area contributed by atoms with E-state index in [2.05, 4.69) is 71.7 Å². The molecule has 0 aromatic heterocycles. The van der Waals surface area contributed by atoms with Crippen LogP contribution >= 0.6 is 22.6 Å². The van der Waals surface area contributed by atoms with Crippen molar-refractivity contribution >= 4 is 28.4 Å². The Balaban J connectivity index is 1.91. The van der Waals surface area contributed by atoms with Gasteiger partial charge in [0.2, 0.25) is 0 Å². The molecule has 1 atom stereocenters. The van der Waals surface area contributed by atoms with Gasteiger partial charge in [0.1, 0.15) is 0 Å². The molecular weight excluding hydrogens is 373 g/mol. The van der Waals surface area contributed by atoms with Gasteiger partial charge >= 0.3 is 0 Å². The van der Waals surface area contributed by atoms with Crippen molar-refractivity contribution < 1.29 is 4.79 Å². The van der Waals surface area contributed by atoms with Crippen molar-refractivity contribution in [3.63, 3.8) is 0 Å². The number of benzene rings is 1. The second-order valence-electron chi connectivity index (χ2n) is 6.99. The molecule has 0 radical (unpaired) electrons. The Kier molecular flexibility index (Phi) is 4.12. The van der Waals surface area contributed by atoms with Crippen molar-refractivity contribution in [2.75, 3.05) is 4.43 Å². The highest BCUT2D eigenvalue weighted by Gasteiger charge is 2.41. The monoisotopic (exact) mass is 395 g/mol. The Morgan fingerprint density at radius 3 is 2.62 bits per heavy atom. The molecule has 0 amide bonds. The van der Waals surface area contributed by atoms with Gasteiger partial charge in [-0.3, -0.25) is 4.79 Å². The Labute approximate surface area is 140 Å². The van der Waals surface area contributed by atoms with Crippen LogP contribution in [0.1, 0.15) is 38.7 Å². The summed E-state index contributed by atoms with van der Waals surface area (Å²) in [4.78, 5) is 15.0. The minimum Gasteiger partial charge on any atom is -0.366 e. The first-order valence-electron chi connectivity index (χ1n) is 7.62. The lowest BCUT2D eigenvalue weighted by Crippen LogP contribution is -2.33. The number of carbonyl (C=O) groups is 1. The van der Waals surface area contributed by atoms with Crippen LogP contribution in [0.4, 0.5) is 0 Å². The van der Waals surface area contributed by atoms with E-state index in [4.69, 9.17) is 0 Å². The molecule has 0 saturated carbocycles. The van der Waals surface area contributed by atoms with Gasteiger partial charge in [0, 0.05) is 34.7 Å². The molecule has 2 aliphatic rings. The summed E-state index contributed by atoms with van der Waals surface area (Å²) in [5.41, 5.74) is 3.87. The van der Waals surface area contributed by atoms with E-state index in [9.17, 15) is 4.79 Å². The second kappa shape index (κ2) is 5.75. The first-order valence-corrected chi connectivity index (χ1v) is 9.14. The molecule has 21 heavy (non-hydrogen) atoms. The molecule has 0 N–H and O–H groups in total. The number of rotatable bonds is 3. The molecule has 1 heterocycles. The number of hydrogen-bond acceptors (Lipinski definition) is 2. The SMILES string of the molecule is CC1(C)CC(=O)C2=C(C1)N(Cc1ccccc1)C(CI)C2. The molecule has 0 fully saturated rings. The van der Waals surface area contributed by atoms with Gasteiger partial charge in [-0.1, -0.05) is 66.8 Å². The largest absolute Gasteiger partial charge is 0.366 e. The standard InChI is InChI=1S/C18H22INO/c1-18(2)9-16-15(17(21)10-18)8-14(11-19)20(16)12-13-6-4-3-5-7-13/h3-7,14H,8-12H2,1-2H3.